The molecule has 24 heavy (non-hydrogen) atoms. The number of hydrogen-bond acceptors (Lipinski definition) is 3. The number of hydrogen-bond donors (Lipinski definition) is 1. The van der Waals surface area contributed by atoms with Crippen molar-refractivity contribution in [2.75, 3.05) is 5.32 Å². The van der Waals surface area contributed by atoms with Crippen LogP contribution >= 0.6 is 22.9 Å². The monoisotopic (exact) mass is 363 g/mol. The van der Waals surface area contributed by atoms with Gasteiger partial charge in [-0.25, -0.2) is 4.39 Å². The van der Waals surface area contributed by atoms with Gasteiger partial charge in [-0.1, -0.05) is 11.6 Å². The summed E-state index contributed by atoms with van der Waals surface area (Å²) in [6, 6.07) is 9.78. The molecule has 3 rings (SSSR count). The first kappa shape index (κ1) is 16.7. The van der Waals surface area contributed by atoms with Crippen LogP contribution in [-0.2, 0) is 6.54 Å². The third-order valence-electron chi connectivity index (χ3n) is 3.47. The van der Waals surface area contributed by atoms with E-state index in [1.807, 2.05) is 30.7 Å². The lowest BCUT2D eigenvalue weighted by atomic mass is 10.3. The molecule has 0 atom stereocenters. The molecule has 7 heteroatoms. The Balaban J connectivity index is 1.71. The molecule has 0 aliphatic rings. The zero-order valence-corrected chi connectivity index (χ0v) is 14.7. The van der Waals surface area contributed by atoms with E-state index in [9.17, 15) is 9.18 Å². The third kappa shape index (κ3) is 3.66. The van der Waals surface area contributed by atoms with Crippen molar-refractivity contribution in [2.45, 2.75) is 20.4 Å². The number of aryl methyl sites for hydroxylation is 2. The fourth-order valence-electron chi connectivity index (χ4n) is 2.33. The van der Waals surface area contributed by atoms with Gasteiger partial charge in [-0.15, -0.1) is 11.3 Å². The van der Waals surface area contributed by atoms with Crippen LogP contribution in [0.25, 0.3) is 0 Å². The maximum Gasteiger partial charge on any atom is 0.265 e. The van der Waals surface area contributed by atoms with Crippen LogP contribution in [0.15, 0.2) is 36.4 Å². The van der Waals surface area contributed by atoms with Crippen LogP contribution in [0.5, 0.6) is 0 Å². The second-order valence-corrected chi connectivity index (χ2v) is 7.01. The number of carbonyl (C=O) groups excluding carboxylic acids is 1. The van der Waals surface area contributed by atoms with E-state index in [1.54, 1.807) is 6.07 Å². The number of benzene rings is 1. The van der Waals surface area contributed by atoms with Crippen molar-refractivity contribution in [1.82, 2.24) is 9.78 Å². The summed E-state index contributed by atoms with van der Waals surface area (Å²) in [5, 5.41) is 7.11. The molecule has 0 unspecified atom stereocenters. The van der Waals surface area contributed by atoms with Gasteiger partial charge in [0, 0.05) is 16.3 Å². The fourth-order valence-corrected chi connectivity index (χ4v) is 3.40. The van der Waals surface area contributed by atoms with Crippen molar-refractivity contribution < 1.29 is 9.18 Å². The Morgan fingerprint density at radius 1 is 1.29 bits per heavy atom. The SMILES string of the molecule is Cc1cc(C)n(Cc2ccc(C(=O)Nc3ccc(F)c(Cl)c3)s2)n1. The molecule has 0 radical (unpaired) electrons. The zero-order chi connectivity index (χ0) is 17.3. The molecular formula is C17H15ClFN3OS. The summed E-state index contributed by atoms with van der Waals surface area (Å²) in [6.45, 7) is 4.57. The van der Waals surface area contributed by atoms with E-state index in [0.29, 0.717) is 17.1 Å². The quantitative estimate of drug-likeness (QED) is 0.733. The molecule has 2 aromatic heterocycles. The normalized spacial score (nSPS) is 10.8. The van der Waals surface area contributed by atoms with E-state index in [4.69, 9.17) is 11.6 Å². The Morgan fingerprint density at radius 3 is 2.75 bits per heavy atom. The summed E-state index contributed by atoms with van der Waals surface area (Å²) in [5.41, 5.74) is 2.50. The van der Waals surface area contributed by atoms with Crippen molar-refractivity contribution in [2.24, 2.45) is 0 Å². The molecule has 2 heterocycles. The summed E-state index contributed by atoms with van der Waals surface area (Å²) in [4.78, 5) is 13.9. The Bertz CT molecular complexity index is 903. The average molecular weight is 364 g/mol. The first-order chi connectivity index (χ1) is 11.4. The van der Waals surface area contributed by atoms with Gasteiger partial charge in [0.2, 0.25) is 0 Å². The summed E-state index contributed by atoms with van der Waals surface area (Å²) in [7, 11) is 0. The van der Waals surface area contributed by atoms with Gasteiger partial charge in [-0.05, 0) is 50.2 Å². The van der Waals surface area contributed by atoms with Gasteiger partial charge in [-0.2, -0.15) is 5.10 Å². The molecule has 0 bridgehead atoms. The maximum atomic E-state index is 13.2. The molecule has 0 spiro atoms. The first-order valence-corrected chi connectivity index (χ1v) is 8.48. The number of aromatic nitrogens is 2. The van der Waals surface area contributed by atoms with Crippen LogP contribution in [0, 0.1) is 19.7 Å². The van der Waals surface area contributed by atoms with Crippen molar-refractivity contribution in [3.8, 4) is 0 Å². The Kier molecular flexibility index (Phi) is 4.69. The van der Waals surface area contributed by atoms with Gasteiger partial charge < -0.3 is 5.32 Å². The van der Waals surface area contributed by atoms with Gasteiger partial charge in [0.05, 0.1) is 22.1 Å². The maximum absolute atomic E-state index is 13.2. The zero-order valence-electron chi connectivity index (χ0n) is 13.1. The van der Waals surface area contributed by atoms with Crippen LogP contribution < -0.4 is 5.32 Å². The predicted octanol–water partition coefficient (Wildman–Crippen LogP) is 4.65. The van der Waals surface area contributed by atoms with Crippen LogP contribution in [0.1, 0.15) is 25.9 Å². The topological polar surface area (TPSA) is 46.9 Å². The molecule has 1 amide bonds. The van der Waals surface area contributed by atoms with Gasteiger partial charge >= 0.3 is 0 Å². The van der Waals surface area contributed by atoms with E-state index in [-0.39, 0.29) is 10.9 Å². The van der Waals surface area contributed by atoms with E-state index in [2.05, 4.69) is 10.4 Å². The molecule has 0 aliphatic carbocycles. The average Bonchev–Trinajstić information content (AvgIpc) is 3.10. The predicted molar refractivity (Wildman–Crippen MR) is 94.5 cm³/mol. The lowest BCUT2D eigenvalue weighted by Crippen LogP contribution is -2.10. The Labute approximate surface area is 147 Å². The number of anilines is 1. The van der Waals surface area contributed by atoms with Crippen LogP contribution in [0.2, 0.25) is 5.02 Å². The Hall–Kier alpha value is -2.18. The number of nitrogens with zero attached hydrogens (tertiary/aromatic N) is 2. The second kappa shape index (κ2) is 6.75. The highest BCUT2D eigenvalue weighted by Crippen LogP contribution is 2.22. The number of rotatable bonds is 4. The first-order valence-electron chi connectivity index (χ1n) is 7.28. The van der Waals surface area contributed by atoms with Crippen molar-refractivity contribution in [1.29, 1.82) is 0 Å². The molecular weight excluding hydrogens is 349 g/mol. The summed E-state index contributed by atoms with van der Waals surface area (Å²) in [6.07, 6.45) is 0. The summed E-state index contributed by atoms with van der Waals surface area (Å²) in [5.74, 6) is -0.764. The van der Waals surface area contributed by atoms with Crippen molar-refractivity contribution >= 4 is 34.5 Å². The molecule has 1 aromatic carbocycles. The standard InChI is InChI=1S/C17H15ClFN3OS/c1-10-7-11(2)22(21-10)9-13-4-6-16(24-13)17(23)20-12-3-5-15(19)14(18)8-12/h3-8H,9H2,1-2H3,(H,20,23). The number of nitrogens with one attached hydrogen (secondary N) is 1. The molecule has 4 nitrogen and oxygen atoms in total. The smallest absolute Gasteiger partial charge is 0.265 e. The van der Waals surface area contributed by atoms with Crippen molar-refractivity contribution in [3.63, 3.8) is 0 Å². The number of thiophene rings is 1. The highest BCUT2D eigenvalue weighted by molar-refractivity contribution is 7.14. The molecule has 0 saturated carbocycles. The second-order valence-electron chi connectivity index (χ2n) is 5.43. The molecule has 1 N–H and O–H groups in total. The molecule has 124 valence electrons. The van der Waals surface area contributed by atoms with Crippen LogP contribution in [-0.4, -0.2) is 15.7 Å². The lowest BCUT2D eigenvalue weighted by Gasteiger charge is -2.04. The summed E-state index contributed by atoms with van der Waals surface area (Å²) < 4.78 is 15.1. The Morgan fingerprint density at radius 2 is 2.08 bits per heavy atom. The molecule has 0 aliphatic heterocycles. The summed E-state index contributed by atoms with van der Waals surface area (Å²) >= 11 is 7.12. The van der Waals surface area contributed by atoms with Crippen LogP contribution in [0.3, 0.4) is 0 Å². The lowest BCUT2D eigenvalue weighted by molar-refractivity contribution is 0.103. The highest BCUT2D eigenvalue weighted by atomic mass is 35.5. The minimum absolute atomic E-state index is 0.0239. The molecule has 3 aromatic rings. The van der Waals surface area contributed by atoms with E-state index >= 15 is 0 Å². The number of amides is 1. The molecule has 0 saturated heterocycles. The fraction of sp³-hybridized carbons (Fsp3) is 0.176. The minimum atomic E-state index is -0.516. The number of carbonyl (C=O) groups is 1. The van der Waals surface area contributed by atoms with E-state index in [0.717, 1.165) is 16.3 Å². The minimum Gasteiger partial charge on any atom is -0.321 e. The van der Waals surface area contributed by atoms with Crippen molar-refractivity contribution in [3.05, 3.63) is 68.4 Å². The molecule has 0 fully saturated rings. The van der Waals surface area contributed by atoms with Gasteiger partial charge in [0.25, 0.3) is 5.91 Å². The van der Waals surface area contributed by atoms with Gasteiger partial charge in [0.15, 0.2) is 0 Å². The largest absolute Gasteiger partial charge is 0.321 e. The van der Waals surface area contributed by atoms with Gasteiger partial charge in [-0.3, -0.25) is 9.48 Å². The van der Waals surface area contributed by atoms with E-state index < -0.39 is 5.82 Å². The highest BCUT2D eigenvalue weighted by Gasteiger charge is 2.12. The number of halogens is 2. The van der Waals surface area contributed by atoms with Gasteiger partial charge in [0.1, 0.15) is 5.82 Å². The van der Waals surface area contributed by atoms with E-state index in [1.165, 1.54) is 29.5 Å². The third-order valence-corrected chi connectivity index (χ3v) is 4.83. The van der Waals surface area contributed by atoms with Crippen LogP contribution in [0.4, 0.5) is 10.1 Å².